The molecule has 12 heteroatoms. The maximum atomic E-state index is 10.5. The first-order valence-corrected chi connectivity index (χ1v) is 10.7. The molecular formula is C18H20N7O3S2-. The van der Waals surface area contributed by atoms with Crippen LogP contribution in [0, 0.1) is 12.3 Å². The van der Waals surface area contributed by atoms with Gasteiger partial charge in [0.25, 0.3) is 0 Å². The summed E-state index contributed by atoms with van der Waals surface area (Å²) >= 11 is -0.884. The molecule has 0 aliphatic heterocycles. The van der Waals surface area contributed by atoms with Crippen LogP contribution in [0.15, 0.2) is 34.6 Å². The lowest BCUT2D eigenvalue weighted by atomic mass is 10.2. The largest absolute Gasteiger partial charge is 0.760 e. The van der Waals surface area contributed by atoms with Crippen molar-refractivity contribution in [3.8, 4) is 18.1 Å². The number of imidazole rings is 1. The number of fused-ring (bicyclic) bond motifs is 1. The number of nitrogen functional groups attached to an aromatic ring is 1. The fraction of sp³-hybridized carbons (Fsp3) is 0.278. The van der Waals surface area contributed by atoms with E-state index < -0.39 is 11.3 Å². The number of methoxy groups -OCH3 is 1. The first-order chi connectivity index (χ1) is 14.5. The van der Waals surface area contributed by atoms with E-state index in [9.17, 15) is 8.76 Å². The third-order valence-corrected chi connectivity index (χ3v) is 5.60. The molecule has 0 aliphatic rings. The molecule has 2 aromatic heterocycles. The van der Waals surface area contributed by atoms with Crippen molar-refractivity contribution in [3.05, 3.63) is 30.1 Å². The van der Waals surface area contributed by atoms with Crippen molar-refractivity contribution < 1.29 is 13.5 Å². The number of anilines is 1. The van der Waals surface area contributed by atoms with Gasteiger partial charge in [-0.2, -0.15) is 0 Å². The fourth-order valence-corrected chi connectivity index (χ4v) is 3.99. The van der Waals surface area contributed by atoms with E-state index in [2.05, 4.69) is 30.9 Å². The molecule has 0 aliphatic carbocycles. The van der Waals surface area contributed by atoms with Crippen LogP contribution in [0.4, 0.5) is 5.82 Å². The van der Waals surface area contributed by atoms with E-state index in [0.717, 1.165) is 4.90 Å². The Hall–Kier alpha value is -2.69. The smallest absolute Gasteiger partial charge is 0.175 e. The summed E-state index contributed by atoms with van der Waals surface area (Å²) in [4.78, 5) is 13.8. The SMILES string of the molecule is C#Cc1ccc(OC)cc1Sc1nc2c(N)ncnc2n1CCNCCNS(=O)[O-]. The number of hydrogen-bond acceptors (Lipinski definition) is 9. The van der Waals surface area contributed by atoms with Gasteiger partial charge in [0.15, 0.2) is 22.1 Å². The summed E-state index contributed by atoms with van der Waals surface area (Å²) in [6.07, 6.45) is 7.04. The minimum atomic E-state index is -2.27. The summed E-state index contributed by atoms with van der Waals surface area (Å²) in [6.45, 7) is 1.88. The number of rotatable bonds is 10. The van der Waals surface area contributed by atoms with E-state index in [1.54, 1.807) is 13.2 Å². The van der Waals surface area contributed by atoms with Crippen LogP contribution in [0.1, 0.15) is 5.56 Å². The van der Waals surface area contributed by atoms with Gasteiger partial charge in [-0.1, -0.05) is 17.7 Å². The van der Waals surface area contributed by atoms with Crippen molar-refractivity contribution in [1.82, 2.24) is 29.6 Å². The zero-order valence-electron chi connectivity index (χ0n) is 16.1. The van der Waals surface area contributed by atoms with E-state index in [4.69, 9.17) is 16.9 Å². The number of nitrogens with one attached hydrogen (secondary N) is 2. The van der Waals surface area contributed by atoms with Gasteiger partial charge in [-0.05, 0) is 18.2 Å². The lowest BCUT2D eigenvalue weighted by Gasteiger charge is -2.11. The lowest BCUT2D eigenvalue weighted by molar-refractivity contribution is 0.413. The Labute approximate surface area is 180 Å². The summed E-state index contributed by atoms with van der Waals surface area (Å²) in [5.74, 6) is 3.65. The molecule has 0 radical (unpaired) electrons. The van der Waals surface area contributed by atoms with Crippen LogP contribution in [-0.4, -0.2) is 55.0 Å². The molecule has 10 nitrogen and oxygen atoms in total. The zero-order valence-corrected chi connectivity index (χ0v) is 17.8. The van der Waals surface area contributed by atoms with Crippen LogP contribution >= 0.6 is 11.8 Å². The van der Waals surface area contributed by atoms with Crippen molar-refractivity contribution in [2.24, 2.45) is 0 Å². The fourth-order valence-electron chi connectivity index (χ4n) is 2.68. The predicted molar refractivity (Wildman–Crippen MR) is 115 cm³/mol. The highest BCUT2D eigenvalue weighted by Gasteiger charge is 2.17. The first kappa shape index (κ1) is 22.0. The maximum Gasteiger partial charge on any atom is 0.175 e. The Bertz CT molecular complexity index is 1100. The molecule has 0 saturated carbocycles. The molecule has 4 N–H and O–H groups in total. The van der Waals surface area contributed by atoms with Gasteiger partial charge in [-0.15, -0.1) is 6.42 Å². The molecule has 3 rings (SSSR count). The van der Waals surface area contributed by atoms with Crippen LogP contribution in [0.5, 0.6) is 5.75 Å². The molecule has 1 unspecified atom stereocenters. The summed E-state index contributed by atoms with van der Waals surface area (Å²) in [6, 6.07) is 5.47. The van der Waals surface area contributed by atoms with E-state index >= 15 is 0 Å². The van der Waals surface area contributed by atoms with Crippen LogP contribution < -0.4 is 20.5 Å². The van der Waals surface area contributed by atoms with Crippen molar-refractivity contribution in [1.29, 1.82) is 0 Å². The standard InChI is InChI=1S/C18H21N7O3S2/c1-3-12-4-5-13(28-2)10-14(12)29-18-24-15-16(19)21-11-22-17(15)25(18)9-8-20-6-7-23-30(26)27/h1,4-5,10-11,20,23H,6-9H2,2H3,(H,26,27)(H2,19,21,22)/p-1. The number of ether oxygens (including phenoxy) is 1. The second-order valence-corrected chi connectivity index (χ2v) is 7.73. The van der Waals surface area contributed by atoms with Crippen LogP contribution in [-0.2, 0) is 17.8 Å². The van der Waals surface area contributed by atoms with Gasteiger partial charge in [0.2, 0.25) is 0 Å². The minimum Gasteiger partial charge on any atom is -0.760 e. The molecule has 3 aromatic rings. The van der Waals surface area contributed by atoms with Gasteiger partial charge in [0, 0.05) is 47.9 Å². The molecule has 0 bridgehead atoms. The Morgan fingerprint density at radius 2 is 2.20 bits per heavy atom. The molecule has 2 heterocycles. The first-order valence-electron chi connectivity index (χ1n) is 8.86. The summed E-state index contributed by atoms with van der Waals surface area (Å²) in [5, 5.41) is 3.82. The topological polar surface area (TPSA) is 143 Å². The molecule has 0 saturated heterocycles. The third-order valence-electron chi connectivity index (χ3n) is 4.10. The molecule has 30 heavy (non-hydrogen) atoms. The Kier molecular flexibility index (Phi) is 7.61. The average molecular weight is 447 g/mol. The number of hydrogen-bond donors (Lipinski definition) is 3. The van der Waals surface area contributed by atoms with E-state index in [0.29, 0.717) is 59.6 Å². The number of nitrogens with two attached hydrogens (primary N) is 1. The van der Waals surface area contributed by atoms with Gasteiger partial charge >= 0.3 is 0 Å². The predicted octanol–water partition coefficient (Wildman–Crippen LogP) is 0.523. The molecule has 1 atom stereocenters. The number of aromatic nitrogens is 4. The van der Waals surface area contributed by atoms with Crippen LogP contribution in [0.3, 0.4) is 0 Å². The minimum absolute atomic E-state index is 0.290. The summed E-state index contributed by atoms with van der Waals surface area (Å²) in [5.41, 5.74) is 7.82. The maximum absolute atomic E-state index is 10.5. The Morgan fingerprint density at radius 1 is 1.37 bits per heavy atom. The second-order valence-electron chi connectivity index (χ2n) is 5.96. The monoisotopic (exact) mass is 446 g/mol. The second kappa shape index (κ2) is 10.4. The van der Waals surface area contributed by atoms with Gasteiger partial charge in [-0.25, -0.2) is 19.7 Å². The van der Waals surface area contributed by atoms with E-state index in [1.807, 2.05) is 16.7 Å². The summed E-state index contributed by atoms with van der Waals surface area (Å²) < 4.78 is 30.6. The van der Waals surface area contributed by atoms with Gasteiger partial charge < -0.3 is 24.9 Å². The van der Waals surface area contributed by atoms with Crippen molar-refractivity contribution in [2.75, 3.05) is 32.5 Å². The lowest BCUT2D eigenvalue weighted by Crippen LogP contribution is -2.30. The van der Waals surface area contributed by atoms with Crippen molar-refractivity contribution in [2.45, 2.75) is 16.6 Å². The summed E-state index contributed by atoms with van der Waals surface area (Å²) in [7, 11) is 1.59. The average Bonchev–Trinajstić information content (AvgIpc) is 3.08. The highest BCUT2D eigenvalue weighted by Crippen LogP contribution is 2.34. The quantitative estimate of drug-likeness (QED) is 0.231. The number of terminal acetylenes is 1. The van der Waals surface area contributed by atoms with Gasteiger partial charge in [0.1, 0.15) is 12.1 Å². The molecule has 1 aromatic carbocycles. The molecule has 158 valence electrons. The normalized spacial score (nSPS) is 12.0. The van der Waals surface area contributed by atoms with Gasteiger partial charge in [0.05, 0.1) is 7.11 Å². The molecular weight excluding hydrogens is 426 g/mol. The van der Waals surface area contributed by atoms with Crippen LogP contribution in [0.25, 0.3) is 11.2 Å². The van der Waals surface area contributed by atoms with Crippen LogP contribution in [0.2, 0.25) is 0 Å². The number of benzene rings is 1. The Morgan fingerprint density at radius 3 is 2.93 bits per heavy atom. The highest BCUT2D eigenvalue weighted by molar-refractivity contribution is 7.99. The van der Waals surface area contributed by atoms with E-state index in [1.165, 1.54) is 18.1 Å². The molecule has 0 amide bonds. The van der Waals surface area contributed by atoms with Crippen molar-refractivity contribution >= 4 is 40.0 Å². The Balaban J connectivity index is 1.85. The highest BCUT2D eigenvalue weighted by atomic mass is 32.2. The number of nitrogens with zero attached hydrogens (tertiary/aromatic N) is 4. The van der Waals surface area contributed by atoms with E-state index in [-0.39, 0.29) is 0 Å². The van der Waals surface area contributed by atoms with Gasteiger partial charge in [-0.3, -0.25) is 4.21 Å². The zero-order chi connectivity index (χ0) is 21.5. The molecule has 0 spiro atoms. The van der Waals surface area contributed by atoms with Crippen molar-refractivity contribution in [3.63, 3.8) is 0 Å². The molecule has 0 fully saturated rings. The third kappa shape index (κ3) is 5.26.